The minimum Gasteiger partial charge on any atom is -0.227 e. The van der Waals surface area contributed by atoms with E-state index in [2.05, 4.69) is 33.1 Å². The van der Waals surface area contributed by atoms with E-state index in [4.69, 9.17) is 0 Å². The Labute approximate surface area is 202 Å². The number of rotatable bonds is 12. The molecule has 0 aromatic carbocycles. The van der Waals surface area contributed by atoms with Crippen LogP contribution < -0.4 is 0 Å². The van der Waals surface area contributed by atoms with Gasteiger partial charge in [0.2, 0.25) is 30.0 Å². The van der Waals surface area contributed by atoms with Gasteiger partial charge >= 0.3 is 0 Å². The topological polar surface area (TPSA) is 120 Å². The van der Waals surface area contributed by atoms with Crippen molar-refractivity contribution < 1.29 is 16.8 Å². The van der Waals surface area contributed by atoms with Crippen LogP contribution in [0.1, 0.15) is 38.5 Å². The molecule has 184 valence electrons. The van der Waals surface area contributed by atoms with Gasteiger partial charge in [-0.05, 0) is 74.3 Å². The molecule has 0 saturated heterocycles. The van der Waals surface area contributed by atoms with Gasteiger partial charge < -0.3 is 0 Å². The highest BCUT2D eigenvalue weighted by Gasteiger charge is 2.35. The van der Waals surface area contributed by atoms with Crippen LogP contribution in [0.4, 0.5) is 0 Å². The highest BCUT2D eigenvalue weighted by atomic mass is 32.2. The molecular formula is C24H32N4O4S2. The lowest BCUT2D eigenvalue weighted by molar-refractivity contribution is 0.500. The summed E-state index contributed by atoms with van der Waals surface area (Å²) < 4.78 is 48.4. The van der Waals surface area contributed by atoms with Crippen molar-refractivity contribution in [1.29, 1.82) is 0 Å². The first-order chi connectivity index (χ1) is 16.3. The number of aromatic nitrogens is 4. The second-order valence-electron chi connectivity index (χ2n) is 8.87. The van der Waals surface area contributed by atoms with Crippen molar-refractivity contribution in [2.75, 3.05) is 11.5 Å². The molecule has 2 fully saturated rings. The van der Waals surface area contributed by atoms with Crippen LogP contribution in [0, 0.1) is 23.7 Å². The van der Waals surface area contributed by atoms with E-state index in [1.165, 1.54) is 24.8 Å². The van der Waals surface area contributed by atoms with Crippen LogP contribution in [0.15, 0.2) is 72.5 Å². The lowest BCUT2D eigenvalue weighted by atomic mass is 10.0. The summed E-state index contributed by atoms with van der Waals surface area (Å²) in [7, 11) is -6.71. The molecule has 8 nitrogen and oxygen atoms in total. The van der Waals surface area contributed by atoms with Gasteiger partial charge in [0.25, 0.3) is 0 Å². The van der Waals surface area contributed by atoms with Gasteiger partial charge in [-0.1, -0.05) is 12.2 Å². The second-order valence-corrected chi connectivity index (χ2v) is 12.7. The molecule has 10 heteroatoms. The molecule has 2 aliphatic carbocycles. The van der Waals surface area contributed by atoms with Crippen LogP contribution in [0.25, 0.3) is 0 Å². The van der Waals surface area contributed by atoms with E-state index < -0.39 is 19.7 Å². The normalized spacial score (nSPS) is 17.6. The molecule has 2 atom stereocenters. The third-order valence-electron chi connectivity index (χ3n) is 6.02. The van der Waals surface area contributed by atoms with Gasteiger partial charge in [0.05, 0.1) is 11.5 Å². The Morgan fingerprint density at radius 1 is 0.706 bits per heavy atom. The second kappa shape index (κ2) is 11.8. The summed E-state index contributed by atoms with van der Waals surface area (Å²) in [6.07, 6.45) is 15.4. The molecule has 4 rings (SSSR count). The number of hydrogen-bond donors (Lipinski definition) is 0. The maximum Gasteiger partial charge on any atom is 0.247 e. The molecule has 2 aliphatic rings. The number of allylic oxidation sites excluding steroid dienone is 2. The van der Waals surface area contributed by atoms with Gasteiger partial charge in [0, 0.05) is 24.8 Å². The summed E-state index contributed by atoms with van der Waals surface area (Å²) in [4.78, 5) is 15.3. The van der Waals surface area contributed by atoms with E-state index in [9.17, 15) is 16.8 Å². The third-order valence-corrected chi connectivity index (χ3v) is 9.29. The Bertz CT molecular complexity index is 1050. The van der Waals surface area contributed by atoms with E-state index in [0.717, 1.165) is 38.5 Å². The van der Waals surface area contributed by atoms with Gasteiger partial charge in [-0.15, -0.1) is 13.2 Å². The predicted octanol–water partition coefficient (Wildman–Crippen LogP) is 3.71. The lowest BCUT2D eigenvalue weighted by Crippen LogP contribution is -2.19. The van der Waals surface area contributed by atoms with E-state index in [1.807, 2.05) is 0 Å². The SMILES string of the molecule is C=CC[C@@H](CS(=O)(=O)c1ncccn1)C1CC1.C=CC[C@H](CS(=O)(=O)c1ncccn1)C1CC1. The molecule has 0 unspecified atom stereocenters. The van der Waals surface area contributed by atoms with Crippen molar-refractivity contribution >= 4 is 19.7 Å². The maximum absolute atomic E-state index is 12.1. The minimum atomic E-state index is -3.36. The van der Waals surface area contributed by atoms with Gasteiger partial charge in [-0.3, -0.25) is 0 Å². The van der Waals surface area contributed by atoms with Gasteiger partial charge in [-0.25, -0.2) is 36.8 Å². The van der Waals surface area contributed by atoms with E-state index >= 15 is 0 Å². The molecule has 0 N–H and O–H groups in total. The van der Waals surface area contributed by atoms with Crippen molar-refractivity contribution in [3.05, 3.63) is 62.2 Å². The number of sulfone groups is 2. The molecule has 2 aromatic rings. The van der Waals surface area contributed by atoms with Crippen LogP contribution in [0.2, 0.25) is 0 Å². The molecule has 2 saturated carbocycles. The van der Waals surface area contributed by atoms with Crippen LogP contribution in [0.3, 0.4) is 0 Å². The van der Waals surface area contributed by atoms with Crippen LogP contribution >= 0.6 is 0 Å². The Hall–Kier alpha value is -2.46. The molecule has 0 bridgehead atoms. The van der Waals surface area contributed by atoms with Crippen molar-refractivity contribution in [1.82, 2.24) is 19.9 Å². The fraction of sp³-hybridized carbons (Fsp3) is 0.500. The zero-order valence-corrected chi connectivity index (χ0v) is 20.9. The quantitative estimate of drug-likeness (QED) is 0.317. The Kier molecular flexibility index (Phi) is 9.07. The van der Waals surface area contributed by atoms with Crippen LogP contribution in [0.5, 0.6) is 0 Å². The summed E-state index contributed by atoms with van der Waals surface area (Å²) in [5, 5.41) is -0.121. The predicted molar refractivity (Wildman–Crippen MR) is 130 cm³/mol. The highest BCUT2D eigenvalue weighted by molar-refractivity contribution is 7.91. The first-order valence-electron chi connectivity index (χ1n) is 11.5. The molecule has 0 amide bonds. The average molecular weight is 505 g/mol. The molecule has 0 aliphatic heterocycles. The number of nitrogens with zero attached hydrogens (tertiary/aromatic N) is 4. The Morgan fingerprint density at radius 3 is 1.29 bits per heavy atom. The largest absolute Gasteiger partial charge is 0.247 e. The number of hydrogen-bond acceptors (Lipinski definition) is 8. The van der Waals surface area contributed by atoms with Gasteiger partial charge in [0.15, 0.2) is 0 Å². The fourth-order valence-electron chi connectivity index (χ4n) is 3.96. The average Bonchev–Trinajstić information content (AvgIpc) is 3.73. The molecular weight excluding hydrogens is 472 g/mol. The summed E-state index contributed by atoms with van der Waals surface area (Å²) in [5.41, 5.74) is 0. The Morgan fingerprint density at radius 2 is 1.03 bits per heavy atom. The standard InChI is InChI=1S/2C12H16N2O2S/c2*1-2-4-11(10-5-6-10)9-17(15,16)12-13-7-3-8-14-12/h2*2-3,7-8,10-11H,1,4-6,9H2/t2*11-/m10/s1. The smallest absolute Gasteiger partial charge is 0.227 e. The lowest BCUT2D eigenvalue weighted by Gasteiger charge is -2.13. The summed E-state index contributed by atoms with van der Waals surface area (Å²) >= 11 is 0. The summed E-state index contributed by atoms with van der Waals surface area (Å²) in [6, 6.07) is 3.22. The van der Waals surface area contributed by atoms with E-state index in [1.54, 1.807) is 24.3 Å². The molecule has 2 heterocycles. The van der Waals surface area contributed by atoms with Crippen LogP contribution in [-0.2, 0) is 19.7 Å². The van der Waals surface area contributed by atoms with E-state index in [0.29, 0.717) is 11.8 Å². The van der Waals surface area contributed by atoms with Gasteiger partial charge in [0.1, 0.15) is 0 Å². The third kappa shape index (κ3) is 7.80. The van der Waals surface area contributed by atoms with Crippen molar-refractivity contribution in [2.45, 2.75) is 48.8 Å². The summed E-state index contributed by atoms with van der Waals surface area (Å²) in [6.45, 7) is 7.37. The molecule has 0 spiro atoms. The summed E-state index contributed by atoms with van der Waals surface area (Å²) in [5.74, 6) is 1.67. The zero-order valence-electron chi connectivity index (χ0n) is 19.2. The molecule has 34 heavy (non-hydrogen) atoms. The molecule has 2 aromatic heterocycles. The first kappa shape index (κ1) is 26.2. The van der Waals surface area contributed by atoms with Crippen molar-refractivity contribution in [3.63, 3.8) is 0 Å². The Balaban J connectivity index is 0.000000191. The fourth-order valence-corrected chi connectivity index (χ4v) is 7.09. The van der Waals surface area contributed by atoms with E-state index in [-0.39, 0.29) is 33.7 Å². The zero-order chi connectivity index (χ0) is 24.6. The molecule has 0 radical (unpaired) electrons. The monoisotopic (exact) mass is 504 g/mol. The minimum absolute atomic E-state index is 0.0605. The van der Waals surface area contributed by atoms with Crippen molar-refractivity contribution in [3.8, 4) is 0 Å². The van der Waals surface area contributed by atoms with Gasteiger partial charge in [-0.2, -0.15) is 0 Å². The van der Waals surface area contributed by atoms with Crippen LogP contribution in [-0.4, -0.2) is 48.3 Å². The maximum atomic E-state index is 12.1. The first-order valence-corrected chi connectivity index (χ1v) is 14.8. The van der Waals surface area contributed by atoms with Crippen molar-refractivity contribution in [2.24, 2.45) is 23.7 Å². The highest BCUT2D eigenvalue weighted by Crippen LogP contribution is 2.40.